The Morgan fingerprint density at radius 3 is 2.94 bits per heavy atom. The summed E-state index contributed by atoms with van der Waals surface area (Å²) in [5, 5.41) is 14.0. The van der Waals surface area contributed by atoms with Gasteiger partial charge < -0.3 is 5.32 Å². The van der Waals surface area contributed by atoms with E-state index in [0.717, 1.165) is 24.3 Å². The summed E-state index contributed by atoms with van der Waals surface area (Å²) in [6, 6.07) is 5.10. The fourth-order valence-corrected chi connectivity index (χ4v) is 2.39. The van der Waals surface area contributed by atoms with Crippen LogP contribution in [0.2, 0.25) is 0 Å². The molecule has 0 aliphatic carbocycles. The van der Waals surface area contributed by atoms with E-state index in [2.05, 4.69) is 27.5 Å². The highest BCUT2D eigenvalue weighted by atomic mass is 79.9. The van der Waals surface area contributed by atoms with Gasteiger partial charge >= 0.3 is 0 Å². The molecule has 0 amide bonds. The molecule has 0 aromatic heterocycles. The lowest BCUT2D eigenvalue weighted by Gasteiger charge is -2.06. The second kappa shape index (κ2) is 7.68. The number of benzene rings is 1. The molecule has 0 bridgehead atoms. The molecule has 17 heavy (non-hydrogen) atoms. The van der Waals surface area contributed by atoms with E-state index in [1.165, 1.54) is 6.07 Å². The zero-order valence-corrected chi connectivity index (χ0v) is 12.0. The van der Waals surface area contributed by atoms with Crippen molar-refractivity contribution in [3.05, 3.63) is 38.3 Å². The second-order valence-corrected chi connectivity index (χ2v) is 5.31. The Hall–Kier alpha value is -0.590. The number of nitrogens with one attached hydrogen (secondary N) is 1. The maximum Gasteiger partial charge on any atom is 0.283 e. The number of nitrogens with zero attached hydrogens (tertiary/aromatic N) is 1. The van der Waals surface area contributed by atoms with Gasteiger partial charge in [-0.3, -0.25) is 10.1 Å². The van der Waals surface area contributed by atoms with E-state index in [1.807, 2.05) is 17.8 Å². The van der Waals surface area contributed by atoms with E-state index in [1.54, 1.807) is 6.07 Å². The van der Waals surface area contributed by atoms with Crippen LogP contribution < -0.4 is 5.32 Å². The highest BCUT2D eigenvalue weighted by Crippen LogP contribution is 2.27. The first-order chi connectivity index (χ1) is 8.16. The first kappa shape index (κ1) is 14.5. The van der Waals surface area contributed by atoms with Crippen LogP contribution in [0.3, 0.4) is 0 Å². The summed E-state index contributed by atoms with van der Waals surface area (Å²) < 4.78 is 0.572. The van der Waals surface area contributed by atoms with Gasteiger partial charge in [0.1, 0.15) is 0 Å². The summed E-state index contributed by atoms with van der Waals surface area (Å²) in [5.74, 6) is 1.13. The van der Waals surface area contributed by atoms with Crippen LogP contribution >= 0.6 is 27.7 Å². The van der Waals surface area contributed by atoms with Crippen LogP contribution in [0.15, 0.2) is 22.7 Å². The molecule has 0 saturated carbocycles. The molecule has 4 nitrogen and oxygen atoms in total. The van der Waals surface area contributed by atoms with Gasteiger partial charge in [0.05, 0.1) is 9.40 Å². The molecule has 0 atom stereocenters. The Labute approximate surface area is 113 Å². The molecular weight excluding hydrogens is 304 g/mol. The molecule has 1 rings (SSSR count). The summed E-state index contributed by atoms with van der Waals surface area (Å²) in [6.07, 6.45) is 3.19. The Balaban J connectivity index is 2.54. The number of hydrogen-bond donors (Lipinski definition) is 1. The minimum absolute atomic E-state index is 0.119. The van der Waals surface area contributed by atoms with Gasteiger partial charge in [-0.05, 0) is 46.5 Å². The van der Waals surface area contributed by atoms with Gasteiger partial charge in [-0.1, -0.05) is 12.1 Å². The molecule has 0 radical (unpaired) electrons. The minimum Gasteiger partial charge on any atom is -0.313 e. The van der Waals surface area contributed by atoms with Crippen molar-refractivity contribution in [1.82, 2.24) is 5.32 Å². The van der Waals surface area contributed by atoms with E-state index in [4.69, 9.17) is 0 Å². The van der Waals surface area contributed by atoms with E-state index in [-0.39, 0.29) is 10.6 Å². The maximum atomic E-state index is 10.7. The highest BCUT2D eigenvalue weighted by Gasteiger charge is 2.13. The lowest BCUT2D eigenvalue weighted by molar-refractivity contribution is -0.385. The van der Waals surface area contributed by atoms with Crippen molar-refractivity contribution in [2.45, 2.75) is 13.0 Å². The third kappa shape index (κ3) is 4.65. The third-order valence-electron chi connectivity index (χ3n) is 2.27. The predicted octanol–water partition coefficient (Wildman–Crippen LogP) is 3.20. The maximum absolute atomic E-state index is 10.7. The van der Waals surface area contributed by atoms with Crippen molar-refractivity contribution in [2.75, 3.05) is 18.6 Å². The smallest absolute Gasteiger partial charge is 0.283 e. The summed E-state index contributed by atoms with van der Waals surface area (Å²) in [4.78, 5) is 10.4. The largest absolute Gasteiger partial charge is 0.313 e. The van der Waals surface area contributed by atoms with Crippen molar-refractivity contribution in [1.29, 1.82) is 0 Å². The molecule has 6 heteroatoms. The Morgan fingerprint density at radius 2 is 2.29 bits per heavy atom. The molecule has 1 aromatic carbocycles. The molecule has 1 N–H and O–H groups in total. The van der Waals surface area contributed by atoms with Crippen LogP contribution in [0.5, 0.6) is 0 Å². The van der Waals surface area contributed by atoms with Crippen LogP contribution in [0, 0.1) is 10.1 Å². The van der Waals surface area contributed by atoms with Crippen molar-refractivity contribution in [2.24, 2.45) is 0 Å². The predicted molar refractivity (Wildman–Crippen MR) is 75.5 cm³/mol. The molecule has 94 valence electrons. The van der Waals surface area contributed by atoms with E-state index >= 15 is 0 Å². The summed E-state index contributed by atoms with van der Waals surface area (Å²) >= 11 is 5.10. The van der Waals surface area contributed by atoms with Crippen LogP contribution in [0.4, 0.5) is 5.69 Å². The van der Waals surface area contributed by atoms with Gasteiger partial charge in [0.25, 0.3) is 5.69 Å². The quantitative estimate of drug-likeness (QED) is 0.476. The van der Waals surface area contributed by atoms with Crippen molar-refractivity contribution in [3.63, 3.8) is 0 Å². The number of nitro groups is 1. The molecule has 0 aliphatic rings. The van der Waals surface area contributed by atoms with Crippen molar-refractivity contribution >= 4 is 33.4 Å². The molecule has 1 aromatic rings. The Kier molecular flexibility index (Phi) is 6.54. The van der Waals surface area contributed by atoms with Gasteiger partial charge in [-0.15, -0.1) is 0 Å². The third-order valence-corrected chi connectivity index (χ3v) is 3.88. The van der Waals surface area contributed by atoms with E-state index in [0.29, 0.717) is 11.0 Å². The Bertz CT molecular complexity index is 388. The average molecular weight is 319 g/mol. The average Bonchev–Trinajstić information content (AvgIpc) is 2.30. The molecule has 0 fully saturated rings. The number of rotatable bonds is 7. The normalized spacial score (nSPS) is 10.5. The lowest BCUT2D eigenvalue weighted by atomic mass is 10.2. The van der Waals surface area contributed by atoms with Gasteiger partial charge in [0, 0.05) is 12.6 Å². The first-order valence-electron chi connectivity index (χ1n) is 5.28. The number of halogens is 1. The summed E-state index contributed by atoms with van der Waals surface area (Å²) in [7, 11) is 0. The molecule has 0 unspecified atom stereocenters. The Morgan fingerprint density at radius 1 is 1.53 bits per heavy atom. The van der Waals surface area contributed by atoms with Gasteiger partial charge in [-0.25, -0.2) is 0 Å². The SMILES string of the molecule is CSCCCNCc1cccc([N+](=O)[O-])c1Br. The summed E-state index contributed by atoms with van der Waals surface area (Å²) in [5.41, 5.74) is 1.04. The van der Waals surface area contributed by atoms with Crippen molar-refractivity contribution < 1.29 is 4.92 Å². The molecule has 0 spiro atoms. The molecule has 0 heterocycles. The van der Waals surface area contributed by atoms with E-state index in [9.17, 15) is 10.1 Å². The molecule has 0 aliphatic heterocycles. The molecular formula is C11H15BrN2O2S. The summed E-state index contributed by atoms with van der Waals surface area (Å²) in [6.45, 7) is 1.58. The molecule has 0 saturated heterocycles. The minimum atomic E-state index is -0.374. The highest BCUT2D eigenvalue weighted by molar-refractivity contribution is 9.10. The number of nitro benzene ring substituents is 1. The zero-order chi connectivity index (χ0) is 12.7. The van der Waals surface area contributed by atoms with Crippen LogP contribution in [-0.4, -0.2) is 23.5 Å². The zero-order valence-electron chi connectivity index (χ0n) is 9.61. The topological polar surface area (TPSA) is 55.2 Å². The van der Waals surface area contributed by atoms with Gasteiger partial charge in [0.15, 0.2) is 0 Å². The standard InChI is InChI=1S/C11H15BrN2O2S/c1-17-7-3-6-13-8-9-4-2-5-10(11(9)12)14(15)16/h2,4-5,13H,3,6-8H2,1H3. The fourth-order valence-electron chi connectivity index (χ4n) is 1.41. The van der Waals surface area contributed by atoms with Crippen LogP contribution in [-0.2, 0) is 6.54 Å². The number of hydrogen-bond acceptors (Lipinski definition) is 4. The monoisotopic (exact) mass is 318 g/mol. The van der Waals surface area contributed by atoms with E-state index < -0.39 is 0 Å². The second-order valence-electron chi connectivity index (χ2n) is 3.53. The number of thioether (sulfide) groups is 1. The van der Waals surface area contributed by atoms with Crippen LogP contribution in [0.1, 0.15) is 12.0 Å². The van der Waals surface area contributed by atoms with Gasteiger partial charge in [0.2, 0.25) is 0 Å². The van der Waals surface area contributed by atoms with Crippen molar-refractivity contribution in [3.8, 4) is 0 Å². The lowest BCUT2D eigenvalue weighted by Crippen LogP contribution is -2.15. The first-order valence-corrected chi connectivity index (χ1v) is 7.47. The van der Waals surface area contributed by atoms with Crippen LogP contribution in [0.25, 0.3) is 0 Å². The fraction of sp³-hybridized carbons (Fsp3) is 0.455. The van der Waals surface area contributed by atoms with Gasteiger partial charge in [-0.2, -0.15) is 11.8 Å².